The molecule has 1 aromatic heterocycles. The topological polar surface area (TPSA) is 74.4 Å². The first-order chi connectivity index (χ1) is 16.0. The molecule has 5 rings (SSSR count). The van der Waals surface area contributed by atoms with Crippen molar-refractivity contribution in [2.45, 2.75) is 18.9 Å². The number of anilines is 1. The number of hydrogen-bond acceptors (Lipinski definition) is 3. The lowest BCUT2D eigenvalue weighted by Crippen LogP contribution is -2.44. The van der Waals surface area contributed by atoms with E-state index in [2.05, 4.69) is 10.3 Å². The smallest absolute Gasteiger partial charge is 0.254 e. The lowest BCUT2D eigenvalue weighted by Gasteiger charge is -2.39. The minimum Gasteiger partial charge on any atom is -0.495 e. The molecule has 6 heteroatoms. The number of H-pyrrole nitrogens is 1. The van der Waals surface area contributed by atoms with Crippen LogP contribution in [-0.2, 0) is 4.79 Å². The van der Waals surface area contributed by atoms with E-state index in [1.54, 1.807) is 25.1 Å². The van der Waals surface area contributed by atoms with E-state index in [1.165, 1.54) is 0 Å². The van der Waals surface area contributed by atoms with Gasteiger partial charge in [-0.1, -0.05) is 42.5 Å². The number of amides is 2. The number of rotatable bonds is 4. The van der Waals surface area contributed by atoms with Crippen LogP contribution in [0.4, 0.5) is 5.69 Å². The Labute approximate surface area is 192 Å². The van der Waals surface area contributed by atoms with Gasteiger partial charge in [-0.05, 0) is 42.3 Å². The van der Waals surface area contributed by atoms with E-state index in [1.807, 2.05) is 73.8 Å². The van der Waals surface area contributed by atoms with Gasteiger partial charge in [-0.25, -0.2) is 0 Å². The molecular weight excluding hydrogens is 414 g/mol. The van der Waals surface area contributed by atoms with Crippen LogP contribution in [0.25, 0.3) is 10.9 Å². The van der Waals surface area contributed by atoms with Crippen LogP contribution in [0.15, 0.2) is 72.9 Å². The lowest BCUT2D eigenvalue weighted by molar-refractivity contribution is -0.119. The quantitative estimate of drug-likeness (QED) is 0.468. The highest BCUT2D eigenvalue weighted by molar-refractivity contribution is 6.05. The van der Waals surface area contributed by atoms with Crippen molar-refractivity contribution in [2.24, 2.45) is 0 Å². The van der Waals surface area contributed by atoms with Gasteiger partial charge in [0, 0.05) is 35.3 Å². The number of carbonyl (C=O) groups is 2. The van der Waals surface area contributed by atoms with Gasteiger partial charge < -0.3 is 19.9 Å². The Morgan fingerprint density at radius 2 is 1.79 bits per heavy atom. The summed E-state index contributed by atoms with van der Waals surface area (Å²) in [5.74, 6) is -0.307. The monoisotopic (exact) mass is 439 g/mol. The molecular formula is C27H25N3O3. The Hall–Kier alpha value is -4.06. The number of para-hydroxylation sites is 1. The lowest BCUT2D eigenvalue weighted by atomic mass is 9.79. The number of hydrogen-bond donors (Lipinski definition) is 2. The van der Waals surface area contributed by atoms with Gasteiger partial charge in [0.25, 0.3) is 5.91 Å². The summed E-state index contributed by atoms with van der Waals surface area (Å²) >= 11 is 0. The Kier molecular flexibility index (Phi) is 5.13. The number of nitrogens with zero attached hydrogens (tertiary/aromatic N) is 1. The highest BCUT2D eigenvalue weighted by Gasteiger charge is 2.43. The molecule has 0 saturated heterocycles. The van der Waals surface area contributed by atoms with Crippen molar-refractivity contribution in [1.82, 2.24) is 9.88 Å². The summed E-state index contributed by atoms with van der Waals surface area (Å²) in [5.41, 5.74) is 4.76. The molecule has 2 atom stereocenters. The number of carbonyl (C=O) groups excluding carboxylic acids is 2. The highest BCUT2D eigenvalue weighted by atomic mass is 16.5. The van der Waals surface area contributed by atoms with Crippen molar-refractivity contribution in [1.29, 1.82) is 0 Å². The van der Waals surface area contributed by atoms with E-state index in [9.17, 15) is 9.59 Å². The second-order valence-electron chi connectivity index (χ2n) is 8.41. The van der Waals surface area contributed by atoms with E-state index in [-0.39, 0.29) is 11.8 Å². The molecule has 33 heavy (non-hydrogen) atoms. The number of aromatic amines is 1. The van der Waals surface area contributed by atoms with Gasteiger partial charge in [0.15, 0.2) is 0 Å². The molecule has 0 spiro atoms. The molecule has 2 amide bonds. The second kappa shape index (κ2) is 8.13. The first-order valence-corrected chi connectivity index (χ1v) is 10.9. The maximum atomic E-state index is 13.9. The summed E-state index contributed by atoms with van der Waals surface area (Å²) < 4.78 is 5.47. The van der Waals surface area contributed by atoms with E-state index in [4.69, 9.17) is 4.74 Å². The zero-order chi connectivity index (χ0) is 23.1. The van der Waals surface area contributed by atoms with Crippen molar-refractivity contribution in [3.8, 4) is 5.75 Å². The van der Waals surface area contributed by atoms with Crippen LogP contribution < -0.4 is 10.1 Å². The van der Waals surface area contributed by atoms with Gasteiger partial charge >= 0.3 is 0 Å². The maximum absolute atomic E-state index is 13.9. The van der Waals surface area contributed by atoms with Crippen LogP contribution in [0.3, 0.4) is 0 Å². The molecule has 0 fully saturated rings. The summed E-state index contributed by atoms with van der Waals surface area (Å²) in [4.78, 5) is 32.1. The predicted octanol–water partition coefficient (Wildman–Crippen LogP) is 5.03. The third kappa shape index (κ3) is 3.44. The molecule has 2 heterocycles. The average molecular weight is 440 g/mol. The van der Waals surface area contributed by atoms with E-state index in [0.29, 0.717) is 17.0 Å². The first-order valence-electron chi connectivity index (χ1n) is 10.9. The van der Waals surface area contributed by atoms with Crippen molar-refractivity contribution < 1.29 is 14.3 Å². The van der Waals surface area contributed by atoms with Crippen molar-refractivity contribution >= 4 is 28.4 Å². The zero-order valence-corrected chi connectivity index (χ0v) is 18.8. The molecule has 2 N–H and O–H groups in total. The normalized spacial score (nSPS) is 17.7. The number of aryl methyl sites for hydroxylation is 1. The predicted molar refractivity (Wildman–Crippen MR) is 129 cm³/mol. The van der Waals surface area contributed by atoms with Gasteiger partial charge in [0.1, 0.15) is 5.75 Å². The van der Waals surface area contributed by atoms with Crippen LogP contribution >= 0.6 is 0 Å². The average Bonchev–Trinajstić information content (AvgIpc) is 3.25. The van der Waals surface area contributed by atoms with Crippen LogP contribution in [0, 0.1) is 6.92 Å². The molecule has 0 saturated carbocycles. The molecule has 0 aliphatic carbocycles. The van der Waals surface area contributed by atoms with E-state index in [0.717, 1.165) is 27.6 Å². The van der Waals surface area contributed by atoms with Crippen LogP contribution in [0.1, 0.15) is 39.0 Å². The number of aromatic nitrogens is 1. The van der Waals surface area contributed by atoms with Gasteiger partial charge in [-0.15, -0.1) is 0 Å². The summed E-state index contributed by atoms with van der Waals surface area (Å²) in [6.07, 6.45) is 1.90. The standard InChI is InChI=1S/C27H25N3O3/c1-16-12-13-23(33-3)22(14-16)29-26(31)24-18-9-4-5-10-19(18)27(32)30(2)25(24)20-15-28-21-11-7-6-8-17(20)21/h4-15,24-25,28H,1-3H3,(H,29,31)/t24-,25+/m0/s1. The molecule has 166 valence electrons. The number of likely N-dealkylation sites (N-methyl/N-ethyl adjacent to an activating group) is 1. The van der Waals surface area contributed by atoms with E-state index >= 15 is 0 Å². The van der Waals surface area contributed by atoms with Crippen molar-refractivity contribution in [3.05, 3.63) is 95.2 Å². The highest BCUT2D eigenvalue weighted by Crippen LogP contribution is 2.44. The molecule has 6 nitrogen and oxygen atoms in total. The second-order valence-corrected chi connectivity index (χ2v) is 8.41. The molecule has 0 unspecified atom stereocenters. The number of methoxy groups -OCH3 is 1. The first kappa shape index (κ1) is 20.8. The number of nitrogens with one attached hydrogen (secondary N) is 2. The van der Waals surface area contributed by atoms with E-state index < -0.39 is 12.0 Å². The minimum absolute atomic E-state index is 0.0990. The largest absolute Gasteiger partial charge is 0.495 e. The molecule has 0 bridgehead atoms. The Morgan fingerprint density at radius 3 is 2.61 bits per heavy atom. The maximum Gasteiger partial charge on any atom is 0.254 e. The molecule has 1 aliphatic rings. The SMILES string of the molecule is COc1ccc(C)cc1NC(=O)[C@H]1c2ccccc2C(=O)N(C)[C@@H]1c1c[nH]c2ccccc12. The Bertz CT molecular complexity index is 1370. The molecule has 0 radical (unpaired) electrons. The van der Waals surface area contributed by atoms with Crippen molar-refractivity contribution in [3.63, 3.8) is 0 Å². The summed E-state index contributed by atoms with van der Waals surface area (Å²) in [6, 6.07) is 20.5. The summed E-state index contributed by atoms with van der Waals surface area (Å²) in [5, 5.41) is 4.07. The zero-order valence-electron chi connectivity index (χ0n) is 18.8. The van der Waals surface area contributed by atoms with Gasteiger partial charge in [-0.3, -0.25) is 9.59 Å². The fraction of sp³-hybridized carbons (Fsp3) is 0.185. The number of benzene rings is 3. The van der Waals surface area contributed by atoms with Gasteiger partial charge in [-0.2, -0.15) is 0 Å². The van der Waals surface area contributed by atoms with Crippen LogP contribution in [0.5, 0.6) is 5.75 Å². The van der Waals surface area contributed by atoms with Gasteiger partial charge in [0.2, 0.25) is 5.91 Å². The molecule has 4 aromatic rings. The minimum atomic E-state index is -0.603. The molecule has 3 aromatic carbocycles. The van der Waals surface area contributed by atoms with Crippen LogP contribution in [0.2, 0.25) is 0 Å². The fourth-order valence-corrected chi connectivity index (χ4v) is 4.81. The van der Waals surface area contributed by atoms with Gasteiger partial charge in [0.05, 0.1) is 24.8 Å². The molecule has 1 aliphatic heterocycles. The Balaban J connectivity index is 1.66. The van der Waals surface area contributed by atoms with Crippen molar-refractivity contribution in [2.75, 3.05) is 19.5 Å². The third-order valence-electron chi connectivity index (χ3n) is 6.41. The Morgan fingerprint density at radius 1 is 1.03 bits per heavy atom. The van der Waals surface area contributed by atoms with Crippen LogP contribution in [-0.4, -0.2) is 35.9 Å². The summed E-state index contributed by atoms with van der Waals surface area (Å²) in [7, 11) is 3.34. The number of ether oxygens (including phenoxy) is 1. The summed E-state index contributed by atoms with van der Waals surface area (Å²) in [6.45, 7) is 1.96. The fourth-order valence-electron chi connectivity index (χ4n) is 4.81. The third-order valence-corrected chi connectivity index (χ3v) is 6.41. The number of fused-ring (bicyclic) bond motifs is 2.